The monoisotopic (exact) mass is 299 g/mol. The summed E-state index contributed by atoms with van der Waals surface area (Å²) in [6, 6.07) is 10.9. The highest BCUT2D eigenvalue weighted by Gasteiger charge is 2.27. The van der Waals surface area contributed by atoms with Crippen molar-refractivity contribution in [3.63, 3.8) is 0 Å². The van der Waals surface area contributed by atoms with Gasteiger partial charge < -0.3 is 10.1 Å². The van der Waals surface area contributed by atoms with Gasteiger partial charge in [-0.2, -0.15) is 0 Å². The Morgan fingerprint density at radius 1 is 0.955 bits per heavy atom. The van der Waals surface area contributed by atoms with Crippen molar-refractivity contribution in [1.82, 2.24) is 4.90 Å². The van der Waals surface area contributed by atoms with Crippen LogP contribution in [0.5, 0.6) is 0 Å². The molecule has 0 amide bonds. The minimum absolute atomic E-state index is 0.299. The third-order valence-electron chi connectivity index (χ3n) is 4.73. The van der Waals surface area contributed by atoms with Crippen LogP contribution in [0.4, 0.5) is 5.69 Å². The van der Waals surface area contributed by atoms with Crippen molar-refractivity contribution in [2.45, 2.75) is 31.7 Å². The minimum atomic E-state index is 0.299. The lowest BCUT2D eigenvalue weighted by Crippen LogP contribution is -2.52. The Morgan fingerprint density at radius 2 is 1.68 bits per heavy atom. The fraction of sp³-hybridized carbons (Fsp3) is 0.500. The number of allylic oxidation sites excluding steroid dienone is 2. The molecule has 1 fully saturated rings. The number of piperazine rings is 1. The second-order valence-electron chi connectivity index (χ2n) is 6.05. The fourth-order valence-corrected chi connectivity index (χ4v) is 3.49. The van der Waals surface area contributed by atoms with Crippen LogP contribution in [0.2, 0.25) is 0 Å². The van der Waals surface area contributed by atoms with Gasteiger partial charge in [0.05, 0.1) is 11.8 Å². The van der Waals surface area contributed by atoms with E-state index >= 15 is 0 Å². The summed E-state index contributed by atoms with van der Waals surface area (Å²) in [5, 5.41) is 13.0. The van der Waals surface area contributed by atoms with E-state index in [1.807, 2.05) is 0 Å². The Bertz CT molecular complexity index is 518. The summed E-state index contributed by atoms with van der Waals surface area (Å²) in [5.74, 6) is 0. The molecule has 2 aliphatic rings. The number of para-hydroxylation sites is 1. The highest BCUT2D eigenvalue weighted by Crippen LogP contribution is 2.21. The van der Waals surface area contributed by atoms with Crippen molar-refractivity contribution in [1.29, 1.82) is 0 Å². The number of benzene rings is 1. The molecule has 22 heavy (non-hydrogen) atoms. The van der Waals surface area contributed by atoms with E-state index in [1.165, 1.54) is 5.69 Å². The molecule has 1 N–H and O–H groups in total. The second-order valence-corrected chi connectivity index (χ2v) is 6.05. The Labute approximate surface area is 132 Å². The molecular formula is C18H25N3O. The van der Waals surface area contributed by atoms with E-state index in [0.29, 0.717) is 6.04 Å². The molecule has 0 radical (unpaired) electrons. The predicted molar refractivity (Wildman–Crippen MR) is 90.8 cm³/mol. The molecule has 1 aromatic rings. The van der Waals surface area contributed by atoms with Gasteiger partial charge in [0, 0.05) is 31.9 Å². The molecule has 1 heterocycles. The number of rotatable bonds is 2. The topological polar surface area (TPSA) is 39.1 Å². The van der Waals surface area contributed by atoms with Crippen LogP contribution in [0.15, 0.2) is 47.6 Å². The average molecular weight is 299 g/mol. The van der Waals surface area contributed by atoms with Crippen molar-refractivity contribution in [2.75, 3.05) is 31.1 Å². The minimum Gasteiger partial charge on any atom is -0.411 e. The normalized spacial score (nSPS) is 25.9. The van der Waals surface area contributed by atoms with Crippen molar-refractivity contribution in [3.8, 4) is 0 Å². The van der Waals surface area contributed by atoms with Gasteiger partial charge in [-0.25, -0.2) is 0 Å². The van der Waals surface area contributed by atoms with E-state index < -0.39 is 0 Å². The molecule has 1 aliphatic heterocycles. The molecule has 0 saturated carbocycles. The summed E-state index contributed by atoms with van der Waals surface area (Å²) in [4.78, 5) is 4.93. The first kappa shape index (κ1) is 15.1. The SMILES string of the molecule is ON=C1CCC=CCCC1N1CCN(c2ccccc2)CC1. The van der Waals surface area contributed by atoms with E-state index in [-0.39, 0.29) is 0 Å². The van der Waals surface area contributed by atoms with E-state index in [9.17, 15) is 5.21 Å². The Balaban J connectivity index is 1.63. The predicted octanol–water partition coefficient (Wildman–Crippen LogP) is 3.14. The van der Waals surface area contributed by atoms with Crippen LogP contribution in [0.3, 0.4) is 0 Å². The molecule has 3 rings (SSSR count). The molecule has 0 aromatic heterocycles. The molecule has 1 saturated heterocycles. The third kappa shape index (κ3) is 3.50. The molecule has 4 heteroatoms. The number of hydrogen-bond acceptors (Lipinski definition) is 4. The zero-order valence-electron chi connectivity index (χ0n) is 13.1. The summed E-state index contributed by atoms with van der Waals surface area (Å²) in [6.07, 6.45) is 8.45. The molecule has 1 aromatic carbocycles. The summed E-state index contributed by atoms with van der Waals surface area (Å²) in [6.45, 7) is 4.13. The molecule has 1 atom stereocenters. The fourth-order valence-electron chi connectivity index (χ4n) is 3.49. The van der Waals surface area contributed by atoms with Gasteiger partial charge in [-0.05, 0) is 37.8 Å². The van der Waals surface area contributed by atoms with Crippen molar-refractivity contribution < 1.29 is 5.21 Å². The van der Waals surface area contributed by atoms with Crippen LogP contribution < -0.4 is 4.90 Å². The van der Waals surface area contributed by atoms with E-state index in [2.05, 4.69) is 57.4 Å². The highest BCUT2D eigenvalue weighted by molar-refractivity contribution is 5.89. The summed E-state index contributed by atoms with van der Waals surface area (Å²) in [5.41, 5.74) is 2.26. The van der Waals surface area contributed by atoms with Crippen LogP contribution in [0.25, 0.3) is 0 Å². The number of nitrogens with zero attached hydrogens (tertiary/aromatic N) is 3. The van der Waals surface area contributed by atoms with Gasteiger partial charge in [-0.15, -0.1) is 0 Å². The van der Waals surface area contributed by atoms with Crippen LogP contribution >= 0.6 is 0 Å². The Hall–Kier alpha value is -1.81. The van der Waals surface area contributed by atoms with Crippen LogP contribution in [-0.4, -0.2) is 48.0 Å². The van der Waals surface area contributed by atoms with Crippen LogP contribution in [0, 0.1) is 0 Å². The third-order valence-corrected chi connectivity index (χ3v) is 4.73. The largest absolute Gasteiger partial charge is 0.411 e. The number of hydrogen-bond donors (Lipinski definition) is 1. The zero-order valence-corrected chi connectivity index (χ0v) is 13.1. The molecule has 0 bridgehead atoms. The van der Waals surface area contributed by atoms with Crippen molar-refractivity contribution in [3.05, 3.63) is 42.5 Å². The smallest absolute Gasteiger partial charge is 0.0745 e. The second kappa shape index (κ2) is 7.45. The molecule has 1 unspecified atom stereocenters. The first-order valence-electron chi connectivity index (χ1n) is 8.28. The van der Waals surface area contributed by atoms with Gasteiger partial charge >= 0.3 is 0 Å². The van der Waals surface area contributed by atoms with Gasteiger partial charge in [0.2, 0.25) is 0 Å². The van der Waals surface area contributed by atoms with Gasteiger partial charge in [0.25, 0.3) is 0 Å². The van der Waals surface area contributed by atoms with Crippen LogP contribution in [0.1, 0.15) is 25.7 Å². The Kier molecular flexibility index (Phi) is 5.11. The lowest BCUT2D eigenvalue weighted by molar-refractivity contribution is 0.211. The summed E-state index contributed by atoms with van der Waals surface area (Å²) < 4.78 is 0. The van der Waals surface area contributed by atoms with E-state index in [4.69, 9.17) is 0 Å². The molecule has 1 aliphatic carbocycles. The molecule has 4 nitrogen and oxygen atoms in total. The van der Waals surface area contributed by atoms with Gasteiger partial charge in [0.15, 0.2) is 0 Å². The maximum atomic E-state index is 9.37. The number of anilines is 1. The maximum absolute atomic E-state index is 9.37. The van der Waals surface area contributed by atoms with Crippen LogP contribution in [-0.2, 0) is 0 Å². The molecule has 118 valence electrons. The maximum Gasteiger partial charge on any atom is 0.0745 e. The van der Waals surface area contributed by atoms with Crippen molar-refractivity contribution >= 4 is 11.4 Å². The quantitative estimate of drug-likeness (QED) is 0.518. The van der Waals surface area contributed by atoms with Crippen molar-refractivity contribution in [2.24, 2.45) is 5.16 Å². The van der Waals surface area contributed by atoms with E-state index in [1.54, 1.807) is 0 Å². The first-order chi connectivity index (χ1) is 10.9. The lowest BCUT2D eigenvalue weighted by atomic mass is 9.96. The lowest BCUT2D eigenvalue weighted by Gasteiger charge is -2.40. The zero-order chi connectivity index (χ0) is 15.2. The molecular weight excluding hydrogens is 274 g/mol. The first-order valence-corrected chi connectivity index (χ1v) is 8.28. The summed E-state index contributed by atoms with van der Waals surface area (Å²) in [7, 11) is 0. The van der Waals surface area contributed by atoms with Gasteiger partial charge in [0.1, 0.15) is 0 Å². The van der Waals surface area contributed by atoms with Gasteiger partial charge in [-0.1, -0.05) is 35.5 Å². The summed E-state index contributed by atoms with van der Waals surface area (Å²) >= 11 is 0. The highest BCUT2D eigenvalue weighted by atomic mass is 16.4. The van der Waals surface area contributed by atoms with E-state index in [0.717, 1.165) is 57.6 Å². The average Bonchev–Trinajstić information content (AvgIpc) is 2.56. The standard InChI is InChI=1S/C18H25N3O/c22-19-17-10-6-1-2-7-11-18(17)21-14-12-20(13-15-21)16-8-4-3-5-9-16/h1-5,8-9,18,22H,6-7,10-15H2. The molecule has 0 spiro atoms. The van der Waals surface area contributed by atoms with Gasteiger partial charge in [-0.3, -0.25) is 4.90 Å². The number of oxime groups is 1. The Morgan fingerprint density at radius 3 is 2.41 bits per heavy atom.